The number of nitrogens with zero attached hydrogens (tertiary/aromatic N) is 2. The Balaban J connectivity index is 2.35. The molecule has 3 nitrogen and oxygen atoms in total. The van der Waals surface area contributed by atoms with Crippen molar-refractivity contribution in [3.8, 4) is 6.07 Å². The Hall–Kier alpha value is -1.60. The third kappa shape index (κ3) is 2.00. The van der Waals surface area contributed by atoms with Crippen LogP contribution in [-0.4, -0.2) is 25.8 Å². The minimum Gasteiger partial charge on any atom is -0.377 e. The van der Waals surface area contributed by atoms with Crippen LogP contribution >= 0.6 is 0 Å². The van der Waals surface area contributed by atoms with Crippen LogP contribution in [0.1, 0.15) is 12.5 Å². The van der Waals surface area contributed by atoms with E-state index in [9.17, 15) is 4.39 Å². The fraction of sp³-hybridized carbons (Fsp3) is 0.417. The summed E-state index contributed by atoms with van der Waals surface area (Å²) in [5.74, 6) is -0.374. The van der Waals surface area contributed by atoms with Gasteiger partial charge in [-0.05, 0) is 25.1 Å². The Bertz CT molecular complexity index is 428. The van der Waals surface area contributed by atoms with E-state index in [0.717, 1.165) is 12.2 Å². The van der Waals surface area contributed by atoms with Gasteiger partial charge in [0.1, 0.15) is 11.9 Å². The minimum absolute atomic E-state index is 0.214. The van der Waals surface area contributed by atoms with Crippen molar-refractivity contribution in [3.05, 3.63) is 29.6 Å². The summed E-state index contributed by atoms with van der Waals surface area (Å²) >= 11 is 0. The van der Waals surface area contributed by atoms with E-state index in [0.29, 0.717) is 18.8 Å². The van der Waals surface area contributed by atoms with Crippen molar-refractivity contribution in [2.24, 2.45) is 0 Å². The van der Waals surface area contributed by atoms with Crippen LogP contribution in [0.3, 0.4) is 0 Å². The third-order valence-corrected chi connectivity index (χ3v) is 2.76. The van der Waals surface area contributed by atoms with E-state index in [1.807, 2.05) is 13.0 Å². The molecule has 1 saturated heterocycles. The molecule has 2 rings (SSSR count). The highest BCUT2D eigenvalue weighted by Gasteiger charge is 2.21. The molecule has 1 aromatic rings. The Labute approximate surface area is 94.0 Å². The highest BCUT2D eigenvalue weighted by atomic mass is 19.1. The summed E-state index contributed by atoms with van der Waals surface area (Å²) in [7, 11) is 0. The van der Waals surface area contributed by atoms with Crippen LogP contribution in [0.4, 0.5) is 10.1 Å². The summed E-state index contributed by atoms with van der Waals surface area (Å²) in [5, 5.41) is 8.99. The summed E-state index contributed by atoms with van der Waals surface area (Å²) in [6.45, 7) is 4.06. The average Bonchev–Trinajstić information content (AvgIpc) is 2.30. The Morgan fingerprint density at radius 1 is 1.56 bits per heavy atom. The molecule has 16 heavy (non-hydrogen) atoms. The molecule has 1 heterocycles. The molecule has 1 fully saturated rings. The van der Waals surface area contributed by atoms with E-state index in [1.165, 1.54) is 12.1 Å². The van der Waals surface area contributed by atoms with Crippen molar-refractivity contribution >= 4 is 5.69 Å². The predicted octanol–water partition coefficient (Wildman–Crippen LogP) is 1.92. The number of morpholine rings is 1. The molecule has 1 aromatic carbocycles. The number of hydrogen-bond acceptors (Lipinski definition) is 3. The molecule has 4 heteroatoms. The van der Waals surface area contributed by atoms with Crippen molar-refractivity contribution in [2.45, 2.75) is 13.0 Å². The molecular formula is C12H13FN2O. The molecule has 1 unspecified atom stereocenters. The average molecular weight is 220 g/mol. The number of benzene rings is 1. The van der Waals surface area contributed by atoms with E-state index in [2.05, 4.69) is 4.90 Å². The monoisotopic (exact) mass is 220 g/mol. The maximum Gasteiger partial charge on any atom is 0.124 e. The Morgan fingerprint density at radius 2 is 2.38 bits per heavy atom. The van der Waals surface area contributed by atoms with E-state index in [1.54, 1.807) is 6.07 Å². The molecule has 0 aromatic heterocycles. The molecule has 84 valence electrons. The van der Waals surface area contributed by atoms with Gasteiger partial charge in [-0.25, -0.2) is 4.39 Å². The molecule has 1 aliphatic heterocycles. The fourth-order valence-electron chi connectivity index (χ4n) is 1.93. The second-order valence-corrected chi connectivity index (χ2v) is 3.89. The molecule has 1 aliphatic rings. The van der Waals surface area contributed by atoms with Gasteiger partial charge in [0.15, 0.2) is 0 Å². The predicted molar refractivity (Wildman–Crippen MR) is 58.7 cm³/mol. The largest absolute Gasteiger partial charge is 0.377 e. The lowest BCUT2D eigenvalue weighted by atomic mass is 10.1. The normalized spacial score (nSPS) is 20.6. The fourth-order valence-corrected chi connectivity index (χ4v) is 1.93. The number of nitriles is 1. The lowest BCUT2D eigenvalue weighted by Gasteiger charge is -2.35. The minimum atomic E-state index is -0.374. The van der Waals surface area contributed by atoms with Crippen LogP contribution in [0.2, 0.25) is 0 Å². The SMILES string of the molecule is CC1COCCN1c1ccc(F)cc1C#N. The molecule has 1 atom stereocenters. The van der Waals surface area contributed by atoms with E-state index in [-0.39, 0.29) is 11.9 Å². The number of rotatable bonds is 1. The maximum absolute atomic E-state index is 13.0. The van der Waals surface area contributed by atoms with Gasteiger partial charge < -0.3 is 9.64 Å². The standard InChI is InChI=1S/C12H13FN2O/c1-9-8-16-5-4-15(9)12-3-2-11(13)6-10(12)7-14/h2-3,6,9H,4-5,8H2,1H3. The summed E-state index contributed by atoms with van der Waals surface area (Å²) in [4.78, 5) is 2.08. The van der Waals surface area contributed by atoms with Crippen molar-refractivity contribution in [1.82, 2.24) is 0 Å². The molecule has 0 aliphatic carbocycles. The Morgan fingerprint density at radius 3 is 3.06 bits per heavy atom. The van der Waals surface area contributed by atoms with Crippen molar-refractivity contribution in [3.63, 3.8) is 0 Å². The topological polar surface area (TPSA) is 36.3 Å². The second kappa shape index (κ2) is 4.50. The maximum atomic E-state index is 13.0. The van der Waals surface area contributed by atoms with Gasteiger partial charge in [-0.15, -0.1) is 0 Å². The zero-order valence-electron chi connectivity index (χ0n) is 9.11. The van der Waals surface area contributed by atoms with Gasteiger partial charge in [0.25, 0.3) is 0 Å². The smallest absolute Gasteiger partial charge is 0.124 e. The number of anilines is 1. The quantitative estimate of drug-likeness (QED) is 0.725. The number of ether oxygens (including phenoxy) is 1. The van der Waals surface area contributed by atoms with Crippen LogP contribution in [-0.2, 0) is 4.74 Å². The molecule has 0 radical (unpaired) electrons. The van der Waals surface area contributed by atoms with Gasteiger partial charge >= 0.3 is 0 Å². The highest BCUT2D eigenvalue weighted by molar-refractivity contribution is 5.60. The molecule has 0 saturated carbocycles. The third-order valence-electron chi connectivity index (χ3n) is 2.76. The van der Waals surface area contributed by atoms with Gasteiger partial charge in [-0.2, -0.15) is 5.26 Å². The summed E-state index contributed by atoms with van der Waals surface area (Å²) in [6.07, 6.45) is 0. The lowest BCUT2D eigenvalue weighted by molar-refractivity contribution is 0.0989. The molecule has 0 amide bonds. The number of hydrogen-bond donors (Lipinski definition) is 0. The Kier molecular flexibility index (Phi) is 3.07. The van der Waals surface area contributed by atoms with Crippen molar-refractivity contribution in [2.75, 3.05) is 24.7 Å². The first kappa shape index (κ1) is 10.9. The zero-order chi connectivity index (χ0) is 11.5. The molecular weight excluding hydrogens is 207 g/mol. The van der Waals surface area contributed by atoms with Gasteiger partial charge in [0.2, 0.25) is 0 Å². The first-order chi connectivity index (χ1) is 7.72. The summed E-state index contributed by atoms with van der Waals surface area (Å²) in [5.41, 5.74) is 1.17. The van der Waals surface area contributed by atoms with E-state index in [4.69, 9.17) is 10.00 Å². The van der Waals surface area contributed by atoms with Crippen molar-refractivity contribution in [1.29, 1.82) is 5.26 Å². The van der Waals surface area contributed by atoms with Gasteiger partial charge in [0.05, 0.1) is 24.5 Å². The molecule has 0 bridgehead atoms. The lowest BCUT2D eigenvalue weighted by Crippen LogP contribution is -2.44. The van der Waals surface area contributed by atoms with Crippen LogP contribution < -0.4 is 4.90 Å². The van der Waals surface area contributed by atoms with Crippen LogP contribution in [0.25, 0.3) is 0 Å². The van der Waals surface area contributed by atoms with Gasteiger partial charge in [-0.1, -0.05) is 0 Å². The first-order valence-electron chi connectivity index (χ1n) is 5.26. The second-order valence-electron chi connectivity index (χ2n) is 3.89. The number of halogens is 1. The van der Waals surface area contributed by atoms with E-state index < -0.39 is 0 Å². The van der Waals surface area contributed by atoms with Gasteiger partial charge in [0, 0.05) is 12.6 Å². The van der Waals surface area contributed by atoms with E-state index >= 15 is 0 Å². The molecule has 0 spiro atoms. The zero-order valence-corrected chi connectivity index (χ0v) is 9.11. The highest BCUT2D eigenvalue weighted by Crippen LogP contribution is 2.24. The van der Waals surface area contributed by atoms with Gasteiger partial charge in [-0.3, -0.25) is 0 Å². The van der Waals surface area contributed by atoms with Crippen LogP contribution in [0.5, 0.6) is 0 Å². The summed E-state index contributed by atoms with van der Waals surface area (Å²) < 4.78 is 18.3. The first-order valence-corrected chi connectivity index (χ1v) is 5.26. The summed E-state index contributed by atoms with van der Waals surface area (Å²) in [6, 6.07) is 6.57. The van der Waals surface area contributed by atoms with Crippen LogP contribution in [0, 0.1) is 17.1 Å². The molecule has 0 N–H and O–H groups in total. The van der Waals surface area contributed by atoms with Crippen LogP contribution in [0.15, 0.2) is 18.2 Å². The van der Waals surface area contributed by atoms with Crippen molar-refractivity contribution < 1.29 is 9.13 Å².